The normalized spacial score (nSPS) is 18.9. The van der Waals surface area contributed by atoms with Crippen LogP contribution >= 0.6 is 0 Å². The summed E-state index contributed by atoms with van der Waals surface area (Å²) in [6.45, 7) is 1.14. The average Bonchev–Trinajstić information content (AvgIpc) is 3.21. The Balaban J connectivity index is 1.62. The predicted molar refractivity (Wildman–Crippen MR) is 114 cm³/mol. The van der Waals surface area contributed by atoms with Crippen LogP contribution < -0.4 is 18.9 Å². The maximum atomic E-state index is 12.9. The third-order valence-electron chi connectivity index (χ3n) is 6.05. The number of allylic oxidation sites excluding steroid dienone is 1. The average molecular weight is 410 g/mol. The van der Waals surface area contributed by atoms with Crippen LogP contribution in [0.1, 0.15) is 29.2 Å². The number of carbonyl (C=O) groups is 1. The van der Waals surface area contributed by atoms with E-state index in [0.29, 0.717) is 22.4 Å². The number of hydrogen-bond acceptors (Lipinski definition) is 5. The molecule has 0 radical (unpaired) electrons. The van der Waals surface area contributed by atoms with Gasteiger partial charge in [-0.05, 0) is 35.4 Å². The summed E-state index contributed by atoms with van der Waals surface area (Å²) in [5.74, 6) is 2.94. The number of ether oxygens (including phenoxy) is 4. The molecule has 2 aromatic carbocycles. The lowest BCUT2D eigenvalue weighted by Crippen LogP contribution is -2.48. The molecule has 0 amide bonds. The Bertz CT molecular complexity index is 978. The lowest BCUT2D eigenvalue weighted by atomic mass is 9.86. The summed E-state index contributed by atoms with van der Waals surface area (Å²) in [4.78, 5) is 12.9. The molecule has 2 aliphatic heterocycles. The van der Waals surface area contributed by atoms with Crippen LogP contribution in [0.15, 0.2) is 36.4 Å². The highest BCUT2D eigenvalue weighted by Gasteiger charge is 2.41. The van der Waals surface area contributed by atoms with E-state index >= 15 is 0 Å². The largest absolute Gasteiger partial charge is 0.497 e. The monoisotopic (exact) mass is 410 g/mol. The number of nitrogens with zero attached hydrogens (tertiary/aromatic N) is 1. The standard InChI is InChI=1S/C24H28NO5/c1-25(2)12-11-17-13-21-23(30-15-29-21)24(28-4)22(17)20(25)14-18(26)8-5-16-6-9-19(27-3)10-7-16/h5-10,13,20H,11-12,14-15H2,1-4H3/q+1. The van der Waals surface area contributed by atoms with Crippen LogP contribution in [0.3, 0.4) is 0 Å². The van der Waals surface area contributed by atoms with Gasteiger partial charge < -0.3 is 23.4 Å². The Labute approximate surface area is 177 Å². The number of rotatable bonds is 6. The highest BCUT2D eigenvalue weighted by Crippen LogP contribution is 2.51. The second-order valence-electron chi connectivity index (χ2n) is 8.26. The van der Waals surface area contributed by atoms with Crippen molar-refractivity contribution in [1.29, 1.82) is 0 Å². The molecular formula is C24H28NO5+. The van der Waals surface area contributed by atoms with Gasteiger partial charge in [-0.2, -0.15) is 0 Å². The van der Waals surface area contributed by atoms with E-state index in [9.17, 15) is 4.79 Å². The molecule has 6 heteroatoms. The fourth-order valence-corrected chi connectivity index (χ4v) is 4.28. The van der Waals surface area contributed by atoms with Crippen LogP contribution in [0.5, 0.6) is 23.0 Å². The summed E-state index contributed by atoms with van der Waals surface area (Å²) in [5, 5.41) is 0. The summed E-state index contributed by atoms with van der Waals surface area (Å²) >= 11 is 0. The molecule has 0 aromatic heterocycles. The topological polar surface area (TPSA) is 54.0 Å². The van der Waals surface area contributed by atoms with Crippen LogP contribution in [0, 0.1) is 0 Å². The van der Waals surface area contributed by atoms with Gasteiger partial charge in [0.25, 0.3) is 0 Å². The van der Waals surface area contributed by atoms with Crippen LogP contribution in [0.25, 0.3) is 6.08 Å². The Morgan fingerprint density at radius 3 is 2.63 bits per heavy atom. The number of quaternary nitrogens is 1. The highest BCUT2D eigenvalue weighted by atomic mass is 16.7. The van der Waals surface area contributed by atoms with Gasteiger partial charge in [0.05, 0.1) is 46.8 Å². The lowest BCUT2D eigenvalue weighted by Gasteiger charge is -2.43. The molecule has 0 N–H and O–H groups in total. The van der Waals surface area contributed by atoms with E-state index in [1.165, 1.54) is 5.56 Å². The number of benzene rings is 2. The molecule has 6 nitrogen and oxygen atoms in total. The third kappa shape index (κ3) is 3.75. The minimum atomic E-state index is -0.0220. The molecule has 0 bridgehead atoms. The van der Waals surface area contributed by atoms with Crippen LogP contribution in [0.2, 0.25) is 0 Å². The molecule has 30 heavy (non-hydrogen) atoms. The van der Waals surface area contributed by atoms with Gasteiger partial charge in [-0.3, -0.25) is 4.79 Å². The van der Waals surface area contributed by atoms with Gasteiger partial charge in [0.15, 0.2) is 17.3 Å². The van der Waals surface area contributed by atoms with Crippen LogP contribution in [-0.2, 0) is 11.2 Å². The lowest BCUT2D eigenvalue weighted by molar-refractivity contribution is -0.922. The first-order valence-corrected chi connectivity index (χ1v) is 10.1. The van der Waals surface area contributed by atoms with Crippen LogP contribution in [0.4, 0.5) is 0 Å². The van der Waals surface area contributed by atoms with Crippen molar-refractivity contribution in [1.82, 2.24) is 0 Å². The zero-order valence-corrected chi connectivity index (χ0v) is 17.9. The first kappa shape index (κ1) is 20.3. The number of fused-ring (bicyclic) bond motifs is 2. The zero-order valence-electron chi connectivity index (χ0n) is 17.9. The summed E-state index contributed by atoms with van der Waals surface area (Å²) in [5.41, 5.74) is 3.19. The maximum Gasteiger partial charge on any atom is 0.231 e. The SMILES string of the molecule is COc1ccc(C=CC(=O)CC2c3c(cc4c(c3OC)OCO4)CC[N+]2(C)C)cc1. The zero-order chi connectivity index (χ0) is 21.3. The van der Waals surface area contributed by atoms with Crippen molar-refractivity contribution in [3.05, 3.63) is 53.1 Å². The van der Waals surface area contributed by atoms with Gasteiger partial charge in [-0.1, -0.05) is 18.2 Å². The summed E-state index contributed by atoms with van der Waals surface area (Å²) < 4.78 is 22.9. The number of likely N-dealkylation sites (N-methyl/N-ethyl adjacent to an activating group) is 1. The number of carbonyl (C=O) groups excluding carboxylic acids is 1. The molecular weight excluding hydrogens is 382 g/mol. The van der Waals surface area contributed by atoms with E-state index in [1.54, 1.807) is 20.3 Å². The van der Waals surface area contributed by atoms with E-state index in [1.807, 2.05) is 36.4 Å². The van der Waals surface area contributed by atoms with Crippen molar-refractivity contribution < 1.29 is 28.2 Å². The Morgan fingerprint density at radius 1 is 1.17 bits per heavy atom. The number of methoxy groups -OCH3 is 2. The molecule has 0 saturated heterocycles. The minimum absolute atomic E-state index is 0.0220. The molecule has 0 saturated carbocycles. The van der Waals surface area contributed by atoms with Crippen LogP contribution in [-0.4, -0.2) is 51.9 Å². The van der Waals surface area contributed by atoms with Crippen molar-refractivity contribution >= 4 is 11.9 Å². The fraction of sp³-hybridized carbons (Fsp3) is 0.375. The molecule has 2 heterocycles. The van der Waals surface area contributed by atoms with Gasteiger partial charge in [0.2, 0.25) is 12.5 Å². The molecule has 0 fully saturated rings. The summed E-state index contributed by atoms with van der Waals surface area (Å²) in [6.07, 6.45) is 4.81. The minimum Gasteiger partial charge on any atom is -0.497 e. The van der Waals surface area contributed by atoms with Gasteiger partial charge in [-0.25, -0.2) is 0 Å². The fourth-order valence-electron chi connectivity index (χ4n) is 4.28. The summed E-state index contributed by atoms with van der Waals surface area (Å²) in [6, 6.07) is 9.66. The molecule has 0 aliphatic carbocycles. The first-order valence-electron chi connectivity index (χ1n) is 10.1. The Morgan fingerprint density at radius 2 is 1.93 bits per heavy atom. The van der Waals surface area contributed by atoms with Gasteiger partial charge >= 0.3 is 0 Å². The van der Waals surface area contributed by atoms with Gasteiger partial charge in [0.1, 0.15) is 11.8 Å². The molecule has 0 spiro atoms. The Kier molecular flexibility index (Phi) is 5.43. The van der Waals surface area contributed by atoms with Crippen molar-refractivity contribution in [2.75, 3.05) is 41.7 Å². The number of ketones is 1. The second-order valence-corrected chi connectivity index (χ2v) is 8.26. The first-order chi connectivity index (χ1) is 14.4. The quantitative estimate of drug-likeness (QED) is 0.536. The highest BCUT2D eigenvalue weighted by molar-refractivity contribution is 5.94. The molecule has 1 atom stereocenters. The summed E-state index contributed by atoms with van der Waals surface area (Å²) in [7, 11) is 7.61. The Hall–Kier alpha value is -2.99. The third-order valence-corrected chi connectivity index (χ3v) is 6.05. The van der Waals surface area contributed by atoms with Crippen molar-refractivity contribution in [2.45, 2.75) is 18.9 Å². The van der Waals surface area contributed by atoms with E-state index in [-0.39, 0.29) is 18.6 Å². The van der Waals surface area contributed by atoms with Crippen molar-refractivity contribution in [3.63, 3.8) is 0 Å². The van der Waals surface area contributed by atoms with Gasteiger partial charge in [-0.15, -0.1) is 0 Å². The van der Waals surface area contributed by atoms with E-state index in [0.717, 1.165) is 35.6 Å². The van der Waals surface area contributed by atoms with Crippen molar-refractivity contribution in [2.24, 2.45) is 0 Å². The molecule has 158 valence electrons. The second kappa shape index (κ2) is 8.03. The molecule has 2 aromatic rings. The molecule has 2 aliphatic rings. The predicted octanol–water partition coefficient (Wildman–Crippen LogP) is 3.78. The number of hydrogen-bond donors (Lipinski definition) is 0. The molecule has 4 rings (SSSR count). The van der Waals surface area contributed by atoms with E-state index in [4.69, 9.17) is 18.9 Å². The van der Waals surface area contributed by atoms with E-state index < -0.39 is 0 Å². The van der Waals surface area contributed by atoms with Crippen molar-refractivity contribution in [3.8, 4) is 23.0 Å². The van der Waals surface area contributed by atoms with Gasteiger partial charge in [0, 0.05) is 6.42 Å². The smallest absolute Gasteiger partial charge is 0.231 e. The maximum absolute atomic E-state index is 12.9. The van der Waals surface area contributed by atoms with E-state index in [2.05, 4.69) is 14.1 Å². The molecule has 1 unspecified atom stereocenters.